The van der Waals surface area contributed by atoms with Crippen LogP contribution in [0.25, 0.3) is 10.9 Å². The summed E-state index contributed by atoms with van der Waals surface area (Å²) >= 11 is 7.06. The third kappa shape index (κ3) is 3.89. The molecule has 2 N–H and O–H groups in total. The van der Waals surface area contributed by atoms with Crippen LogP contribution in [0.5, 0.6) is 5.88 Å². The van der Waals surface area contributed by atoms with E-state index < -0.39 is 11.4 Å². The Morgan fingerprint density at radius 1 is 1.48 bits per heavy atom. The number of ether oxygens (including phenoxy) is 2. The first kappa shape index (κ1) is 18.4. The molecule has 0 bridgehead atoms. The van der Waals surface area contributed by atoms with Crippen molar-refractivity contribution in [2.45, 2.75) is 30.6 Å². The minimum absolute atomic E-state index is 0.0404. The predicted octanol–water partition coefficient (Wildman–Crippen LogP) is 1.98. The zero-order valence-corrected chi connectivity index (χ0v) is 15.3. The molecular weight excluding hydrogens is 371 g/mol. The average Bonchev–Trinajstić information content (AvgIpc) is 2.88. The van der Waals surface area contributed by atoms with E-state index in [1.165, 1.54) is 11.8 Å². The molecule has 0 aliphatic carbocycles. The van der Waals surface area contributed by atoms with Crippen molar-refractivity contribution in [1.29, 1.82) is 0 Å². The normalized spacial score (nSPS) is 19.6. The van der Waals surface area contributed by atoms with Gasteiger partial charge < -0.3 is 19.8 Å². The van der Waals surface area contributed by atoms with Crippen LogP contribution in [0.2, 0.25) is 5.15 Å². The molecule has 1 fully saturated rings. The summed E-state index contributed by atoms with van der Waals surface area (Å²) in [7, 11) is 0. The van der Waals surface area contributed by atoms with E-state index in [-0.39, 0.29) is 39.2 Å². The molecule has 136 valence electrons. The monoisotopic (exact) mass is 388 g/mol. The van der Waals surface area contributed by atoms with E-state index in [9.17, 15) is 9.18 Å². The first-order valence-corrected chi connectivity index (χ1v) is 9.42. The Balaban J connectivity index is 2.01. The number of aromatic nitrogens is 3. The zero-order valence-electron chi connectivity index (χ0n) is 13.8. The van der Waals surface area contributed by atoms with Crippen molar-refractivity contribution in [3.8, 4) is 5.88 Å². The molecular formula is C15H18ClFN4O3S. The number of halogens is 2. The second-order valence-electron chi connectivity index (χ2n) is 5.63. The highest BCUT2D eigenvalue weighted by Gasteiger charge is 2.25. The van der Waals surface area contributed by atoms with Crippen molar-refractivity contribution < 1.29 is 13.9 Å². The number of nitrogens with zero attached hydrogens (tertiary/aromatic N) is 2. The summed E-state index contributed by atoms with van der Waals surface area (Å²) in [5.41, 5.74) is -0.676. The van der Waals surface area contributed by atoms with Gasteiger partial charge in [0.25, 0.3) is 5.56 Å². The Kier molecular flexibility index (Phi) is 5.78. The van der Waals surface area contributed by atoms with E-state index in [0.29, 0.717) is 13.2 Å². The lowest BCUT2D eigenvalue weighted by molar-refractivity contribution is 0.0835. The molecule has 10 heteroatoms. The Bertz CT molecular complexity index is 827. The fraction of sp³-hybridized carbons (Fsp3) is 0.533. The van der Waals surface area contributed by atoms with Crippen LogP contribution in [-0.4, -0.2) is 53.1 Å². The molecule has 1 unspecified atom stereocenters. The molecule has 25 heavy (non-hydrogen) atoms. The van der Waals surface area contributed by atoms with Gasteiger partial charge in [0.05, 0.1) is 12.6 Å². The Morgan fingerprint density at radius 3 is 3.04 bits per heavy atom. The molecule has 0 amide bonds. The fourth-order valence-electron chi connectivity index (χ4n) is 2.57. The maximum atomic E-state index is 14.3. The number of nitrogens with one attached hydrogen (secondary N) is 2. The first-order chi connectivity index (χ1) is 12.0. The molecule has 0 aromatic carbocycles. The second kappa shape index (κ2) is 7.86. The third-order valence-corrected chi connectivity index (χ3v) is 4.76. The number of aromatic amines is 1. The minimum atomic E-state index is -0.839. The highest BCUT2D eigenvalue weighted by molar-refractivity contribution is 7.98. The van der Waals surface area contributed by atoms with Crippen molar-refractivity contribution >= 4 is 34.3 Å². The highest BCUT2D eigenvalue weighted by Crippen LogP contribution is 2.28. The summed E-state index contributed by atoms with van der Waals surface area (Å²) in [6.45, 7) is 3.78. The molecule has 1 saturated heterocycles. The largest absolute Gasteiger partial charge is 0.472 e. The predicted molar refractivity (Wildman–Crippen MR) is 94.2 cm³/mol. The molecule has 2 atom stereocenters. The molecule has 7 nitrogen and oxygen atoms in total. The lowest BCUT2D eigenvalue weighted by Crippen LogP contribution is -2.43. The quantitative estimate of drug-likeness (QED) is 0.470. The van der Waals surface area contributed by atoms with Crippen molar-refractivity contribution in [1.82, 2.24) is 20.3 Å². The Morgan fingerprint density at radius 2 is 2.28 bits per heavy atom. The van der Waals surface area contributed by atoms with Gasteiger partial charge in [0, 0.05) is 6.61 Å². The fourth-order valence-corrected chi connectivity index (χ4v) is 3.12. The number of pyridine rings is 1. The molecule has 3 rings (SSSR count). The smallest absolute Gasteiger partial charge is 0.265 e. The Labute approximate surface area is 152 Å². The zero-order chi connectivity index (χ0) is 18.0. The minimum Gasteiger partial charge on any atom is -0.472 e. The lowest BCUT2D eigenvalue weighted by atomic mass is 10.2. The number of H-pyrrole nitrogens is 1. The molecule has 0 saturated carbocycles. The maximum absolute atomic E-state index is 14.3. The van der Waals surface area contributed by atoms with E-state index in [2.05, 4.69) is 20.3 Å². The van der Waals surface area contributed by atoms with Gasteiger partial charge in [-0.1, -0.05) is 23.4 Å². The summed E-state index contributed by atoms with van der Waals surface area (Å²) in [4.78, 5) is 23.0. The lowest BCUT2D eigenvalue weighted by Gasteiger charge is -2.24. The topological polar surface area (TPSA) is 89.1 Å². The number of rotatable bonds is 4. The number of hydrogen-bond donors (Lipinski definition) is 2. The van der Waals surface area contributed by atoms with Gasteiger partial charge in [-0.15, -0.1) is 0 Å². The van der Waals surface area contributed by atoms with Crippen molar-refractivity contribution in [2.75, 3.05) is 26.0 Å². The van der Waals surface area contributed by atoms with Crippen LogP contribution in [0.3, 0.4) is 0 Å². The van der Waals surface area contributed by atoms with E-state index in [4.69, 9.17) is 21.1 Å². The molecule has 2 aromatic rings. The van der Waals surface area contributed by atoms with Crippen LogP contribution in [0.15, 0.2) is 9.95 Å². The van der Waals surface area contributed by atoms with Crippen LogP contribution in [0, 0.1) is 5.82 Å². The summed E-state index contributed by atoms with van der Waals surface area (Å²) < 4.78 is 25.7. The van der Waals surface area contributed by atoms with Crippen LogP contribution < -0.4 is 15.6 Å². The standard InChI is InChI=1S/C15H18ClFN4O3S/c1-7(8-6-23-5-3-4-18-8)24-14-9-11(10(17)12(16)20-14)19-15(25-2)21-13(9)22/h7-8,18H,3-6H2,1-2H3,(H,19,21,22)/t7?,8-/m0/s1. The van der Waals surface area contributed by atoms with Crippen LogP contribution in [0.4, 0.5) is 4.39 Å². The Hall–Kier alpha value is -1.42. The number of fused-ring (bicyclic) bond motifs is 1. The van der Waals surface area contributed by atoms with Gasteiger partial charge in [-0.3, -0.25) is 4.79 Å². The van der Waals surface area contributed by atoms with Gasteiger partial charge in [0.1, 0.15) is 17.0 Å². The SMILES string of the molecule is CSc1nc2c(F)c(Cl)nc(OC(C)[C@@H]3COCCCN3)c2c(=O)[nH]1. The summed E-state index contributed by atoms with van der Waals surface area (Å²) in [5.74, 6) is -0.879. The van der Waals surface area contributed by atoms with E-state index in [1.54, 1.807) is 6.26 Å². The maximum Gasteiger partial charge on any atom is 0.265 e. The van der Waals surface area contributed by atoms with E-state index >= 15 is 0 Å². The third-order valence-electron chi connectivity index (χ3n) is 3.93. The van der Waals surface area contributed by atoms with Crippen LogP contribution >= 0.6 is 23.4 Å². The molecule has 3 heterocycles. The highest BCUT2D eigenvalue weighted by atomic mass is 35.5. The summed E-state index contributed by atoms with van der Waals surface area (Å²) in [6.07, 6.45) is 2.27. The van der Waals surface area contributed by atoms with Crippen molar-refractivity contribution in [3.63, 3.8) is 0 Å². The molecule has 2 aromatic heterocycles. The first-order valence-electron chi connectivity index (χ1n) is 7.82. The molecule has 0 radical (unpaired) electrons. The van der Waals surface area contributed by atoms with Crippen molar-refractivity contribution in [3.05, 3.63) is 21.3 Å². The average molecular weight is 389 g/mol. The van der Waals surface area contributed by atoms with Gasteiger partial charge in [0.2, 0.25) is 5.88 Å². The second-order valence-corrected chi connectivity index (χ2v) is 6.79. The van der Waals surface area contributed by atoms with Crippen LogP contribution in [-0.2, 0) is 4.74 Å². The van der Waals surface area contributed by atoms with Gasteiger partial charge in [-0.25, -0.2) is 9.37 Å². The van der Waals surface area contributed by atoms with Gasteiger partial charge >= 0.3 is 0 Å². The molecule has 1 aliphatic rings. The van der Waals surface area contributed by atoms with Crippen LogP contribution in [0.1, 0.15) is 13.3 Å². The number of thioether (sulfide) groups is 1. The summed E-state index contributed by atoms with van der Waals surface area (Å²) in [5, 5.41) is 3.17. The van der Waals surface area contributed by atoms with Crippen molar-refractivity contribution in [2.24, 2.45) is 0 Å². The van der Waals surface area contributed by atoms with Gasteiger partial charge in [-0.2, -0.15) is 4.98 Å². The molecule has 0 spiro atoms. The summed E-state index contributed by atoms with van der Waals surface area (Å²) in [6, 6.07) is -0.0827. The van der Waals surface area contributed by atoms with Gasteiger partial charge in [0.15, 0.2) is 16.1 Å². The molecule has 1 aliphatic heterocycles. The number of hydrogen-bond acceptors (Lipinski definition) is 7. The van der Waals surface area contributed by atoms with Gasteiger partial charge in [-0.05, 0) is 26.1 Å². The van der Waals surface area contributed by atoms with E-state index in [0.717, 1.165) is 13.0 Å². The van der Waals surface area contributed by atoms with E-state index in [1.807, 2.05) is 6.92 Å².